The number of aromatic nitrogens is 4. The van der Waals surface area contributed by atoms with Crippen molar-refractivity contribution in [3.05, 3.63) is 23.0 Å². The molecule has 84 valence electrons. The molecule has 1 saturated heterocycles. The Morgan fingerprint density at radius 1 is 1.44 bits per heavy atom. The molecule has 16 heavy (non-hydrogen) atoms. The van der Waals surface area contributed by atoms with E-state index in [2.05, 4.69) is 15.0 Å². The van der Waals surface area contributed by atoms with Gasteiger partial charge in [-0.05, 0) is 19.3 Å². The van der Waals surface area contributed by atoms with Gasteiger partial charge in [0.2, 0.25) is 0 Å². The maximum Gasteiger partial charge on any atom is 0.278 e. The van der Waals surface area contributed by atoms with Crippen LogP contribution in [0.15, 0.2) is 17.4 Å². The van der Waals surface area contributed by atoms with Gasteiger partial charge in [-0.15, -0.1) is 0 Å². The van der Waals surface area contributed by atoms with E-state index in [0.717, 1.165) is 25.9 Å². The normalized spacial score (nSPS) is 21.4. The first kappa shape index (κ1) is 9.53. The Hall–Kier alpha value is -1.69. The fourth-order valence-electron chi connectivity index (χ4n) is 2.02. The van der Waals surface area contributed by atoms with Crippen LogP contribution in [0.5, 0.6) is 0 Å². The summed E-state index contributed by atoms with van der Waals surface area (Å²) in [6, 6.07) is 0. The SMILES string of the molecule is O=c1[nH]cnc2c1ncn2C1CCCCO1. The van der Waals surface area contributed by atoms with Crippen LogP contribution in [0.2, 0.25) is 0 Å². The summed E-state index contributed by atoms with van der Waals surface area (Å²) in [6.07, 6.45) is 6.16. The topological polar surface area (TPSA) is 72.8 Å². The minimum Gasteiger partial charge on any atom is -0.358 e. The van der Waals surface area contributed by atoms with Crippen molar-refractivity contribution in [1.29, 1.82) is 0 Å². The lowest BCUT2D eigenvalue weighted by Crippen LogP contribution is -2.18. The molecular formula is C10H12N4O2. The molecule has 0 spiro atoms. The van der Waals surface area contributed by atoms with E-state index >= 15 is 0 Å². The molecule has 6 nitrogen and oxygen atoms in total. The molecular weight excluding hydrogens is 208 g/mol. The molecule has 1 atom stereocenters. The number of hydrogen-bond donors (Lipinski definition) is 1. The number of nitrogens with zero attached hydrogens (tertiary/aromatic N) is 3. The lowest BCUT2D eigenvalue weighted by atomic mass is 10.2. The van der Waals surface area contributed by atoms with Crippen LogP contribution in [-0.2, 0) is 4.74 Å². The maximum atomic E-state index is 11.5. The smallest absolute Gasteiger partial charge is 0.278 e. The highest BCUT2D eigenvalue weighted by molar-refractivity contribution is 5.68. The number of H-pyrrole nitrogens is 1. The third-order valence-corrected chi connectivity index (χ3v) is 2.83. The van der Waals surface area contributed by atoms with Gasteiger partial charge in [-0.1, -0.05) is 0 Å². The number of ether oxygens (including phenoxy) is 1. The van der Waals surface area contributed by atoms with E-state index in [1.165, 1.54) is 6.33 Å². The Balaban J connectivity index is 2.10. The quantitative estimate of drug-likeness (QED) is 0.772. The second kappa shape index (κ2) is 3.71. The molecule has 1 fully saturated rings. The van der Waals surface area contributed by atoms with Gasteiger partial charge in [0.25, 0.3) is 5.56 Å². The lowest BCUT2D eigenvalue weighted by Gasteiger charge is -2.23. The van der Waals surface area contributed by atoms with Crippen molar-refractivity contribution in [3.8, 4) is 0 Å². The number of nitrogens with one attached hydrogen (secondary N) is 1. The second-order valence-corrected chi connectivity index (χ2v) is 3.88. The van der Waals surface area contributed by atoms with Crippen LogP contribution in [0, 0.1) is 0 Å². The highest BCUT2D eigenvalue weighted by Gasteiger charge is 2.19. The number of fused-ring (bicyclic) bond motifs is 1. The Morgan fingerprint density at radius 3 is 3.19 bits per heavy atom. The van der Waals surface area contributed by atoms with E-state index in [0.29, 0.717) is 11.2 Å². The minimum atomic E-state index is -0.209. The summed E-state index contributed by atoms with van der Waals surface area (Å²) in [5.74, 6) is 0. The van der Waals surface area contributed by atoms with Crippen molar-refractivity contribution in [3.63, 3.8) is 0 Å². The highest BCUT2D eigenvalue weighted by atomic mass is 16.5. The zero-order valence-corrected chi connectivity index (χ0v) is 8.72. The van der Waals surface area contributed by atoms with Crippen molar-refractivity contribution in [2.75, 3.05) is 6.61 Å². The number of imidazole rings is 1. The van der Waals surface area contributed by atoms with Crippen LogP contribution >= 0.6 is 0 Å². The first-order valence-corrected chi connectivity index (χ1v) is 5.38. The van der Waals surface area contributed by atoms with E-state index in [-0.39, 0.29) is 11.8 Å². The molecule has 1 unspecified atom stereocenters. The van der Waals surface area contributed by atoms with E-state index in [4.69, 9.17) is 4.74 Å². The van der Waals surface area contributed by atoms with Gasteiger partial charge in [0, 0.05) is 6.61 Å². The van der Waals surface area contributed by atoms with Crippen LogP contribution in [0.4, 0.5) is 0 Å². The third-order valence-electron chi connectivity index (χ3n) is 2.83. The average molecular weight is 220 g/mol. The molecule has 3 heterocycles. The summed E-state index contributed by atoms with van der Waals surface area (Å²) < 4.78 is 7.48. The van der Waals surface area contributed by atoms with Crippen molar-refractivity contribution in [2.45, 2.75) is 25.5 Å². The van der Waals surface area contributed by atoms with Crippen LogP contribution in [0.1, 0.15) is 25.5 Å². The Morgan fingerprint density at radius 2 is 2.38 bits per heavy atom. The Bertz CT molecular complexity index is 553. The third kappa shape index (κ3) is 1.42. The average Bonchev–Trinajstić information content (AvgIpc) is 2.75. The van der Waals surface area contributed by atoms with Crippen LogP contribution in [0.25, 0.3) is 11.2 Å². The molecule has 1 aliphatic rings. The van der Waals surface area contributed by atoms with E-state index in [1.807, 2.05) is 4.57 Å². The molecule has 0 aliphatic carbocycles. The molecule has 3 rings (SSSR count). The summed E-state index contributed by atoms with van der Waals surface area (Å²) in [7, 11) is 0. The van der Waals surface area contributed by atoms with E-state index in [1.54, 1.807) is 6.33 Å². The second-order valence-electron chi connectivity index (χ2n) is 3.88. The molecule has 6 heteroatoms. The number of rotatable bonds is 1. The van der Waals surface area contributed by atoms with Gasteiger partial charge in [-0.25, -0.2) is 9.97 Å². The van der Waals surface area contributed by atoms with Gasteiger partial charge in [0.05, 0.1) is 12.7 Å². The molecule has 0 bridgehead atoms. The Kier molecular flexibility index (Phi) is 2.21. The summed E-state index contributed by atoms with van der Waals surface area (Å²) in [4.78, 5) is 22.2. The molecule has 0 radical (unpaired) electrons. The van der Waals surface area contributed by atoms with Gasteiger partial charge in [0.1, 0.15) is 6.23 Å². The van der Waals surface area contributed by atoms with Crippen molar-refractivity contribution in [1.82, 2.24) is 19.5 Å². The van der Waals surface area contributed by atoms with Gasteiger partial charge < -0.3 is 9.72 Å². The maximum absolute atomic E-state index is 11.5. The van der Waals surface area contributed by atoms with Crippen molar-refractivity contribution in [2.24, 2.45) is 0 Å². The first-order valence-electron chi connectivity index (χ1n) is 5.38. The largest absolute Gasteiger partial charge is 0.358 e. The fourth-order valence-corrected chi connectivity index (χ4v) is 2.02. The van der Waals surface area contributed by atoms with Crippen molar-refractivity contribution >= 4 is 11.2 Å². The molecule has 1 N–H and O–H groups in total. The van der Waals surface area contributed by atoms with Gasteiger partial charge in [-0.3, -0.25) is 9.36 Å². The number of aromatic amines is 1. The summed E-state index contributed by atoms with van der Waals surface area (Å²) >= 11 is 0. The number of hydrogen-bond acceptors (Lipinski definition) is 4. The molecule has 2 aromatic rings. The summed E-state index contributed by atoms with van der Waals surface area (Å²) in [6.45, 7) is 0.757. The van der Waals surface area contributed by atoms with E-state index in [9.17, 15) is 4.79 Å². The molecule has 2 aromatic heterocycles. The Labute approximate surface area is 91.3 Å². The fraction of sp³-hybridized carbons (Fsp3) is 0.500. The summed E-state index contributed by atoms with van der Waals surface area (Å²) in [5, 5.41) is 0. The molecule has 1 aliphatic heterocycles. The standard InChI is InChI=1S/C10H12N4O2/c15-10-8-9(11-5-12-10)14(6-13-8)7-3-1-2-4-16-7/h5-7H,1-4H2,(H,11,12,15). The molecule has 0 aromatic carbocycles. The zero-order valence-electron chi connectivity index (χ0n) is 8.72. The van der Waals surface area contributed by atoms with Gasteiger partial charge in [-0.2, -0.15) is 0 Å². The first-order chi connectivity index (χ1) is 7.86. The molecule has 0 saturated carbocycles. The van der Waals surface area contributed by atoms with Gasteiger partial charge >= 0.3 is 0 Å². The van der Waals surface area contributed by atoms with Crippen molar-refractivity contribution < 1.29 is 4.74 Å². The summed E-state index contributed by atoms with van der Waals surface area (Å²) in [5.41, 5.74) is 0.756. The monoisotopic (exact) mass is 220 g/mol. The van der Waals surface area contributed by atoms with Crippen LogP contribution in [-0.4, -0.2) is 26.1 Å². The lowest BCUT2D eigenvalue weighted by molar-refractivity contribution is -0.0298. The van der Waals surface area contributed by atoms with Crippen LogP contribution in [0.3, 0.4) is 0 Å². The predicted octanol–water partition coefficient (Wildman–Crippen LogP) is 0.819. The highest BCUT2D eigenvalue weighted by Crippen LogP contribution is 2.24. The zero-order chi connectivity index (χ0) is 11.0. The van der Waals surface area contributed by atoms with Gasteiger partial charge in [0.15, 0.2) is 11.2 Å². The minimum absolute atomic E-state index is 0.0342. The van der Waals surface area contributed by atoms with Crippen LogP contribution < -0.4 is 5.56 Å². The predicted molar refractivity (Wildman–Crippen MR) is 57.0 cm³/mol. The molecule has 0 amide bonds. The van der Waals surface area contributed by atoms with E-state index < -0.39 is 0 Å².